The van der Waals surface area contributed by atoms with Gasteiger partial charge in [-0.1, -0.05) is 0 Å². The van der Waals surface area contributed by atoms with Crippen LogP contribution in [-0.2, 0) is 4.79 Å². The summed E-state index contributed by atoms with van der Waals surface area (Å²) in [6.45, 7) is 0.685. The maximum absolute atomic E-state index is 10.7. The summed E-state index contributed by atoms with van der Waals surface area (Å²) in [5, 5.41) is 11.8. The maximum atomic E-state index is 10.7. The molecule has 1 saturated heterocycles. The van der Waals surface area contributed by atoms with Gasteiger partial charge in [-0.15, -0.1) is 0 Å². The molecule has 15 heavy (non-hydrogen) atoms. The van der Waals surface area contributed by atoms with Gasteiger partial charge in [0.25, 0.3) is 0 Å². The van der Waals surface area contributed by atoms with Crippen molar-refractivity contribution in [1.29, 1.82) is 0 Å². The zero-order valence-electron chi connectivity index (χ0n) is 8.26. The second kappa shape index (κ2) is 4.35. The van der Waals surface area contributed by atoms with Crippen molar-refractivity contribution in [3.63, 3.8) is 0 Å². The lowest BCUT2D eigenvalue weighted by Crippen LogP contribution is -2.43. The third-order valence-electron chi connectivity index (χ3n) is 2.76. The van der Waals surface area contributed by atoms with Crippen molar-refractivity contribution in [2.24, 2.45) is 0 Å². The third kappa shape index (κ3) is 2.30. The Hall–Kier alpha value is -1.49. The van der Waals surface area contributed by atoms with Crippen LogP contribution in [0.25, 0.3) is 0 Å². The Bertz CT molecular complexity index is 334. The van der Waals surface area contributed by atoms with E-state index < -0.39 is 12.0 Å². The fourth-order valence-electron chi connectivity index (χ4n) is 1.87. The smallest absolute Gasteiger partial charge is 0.320 e. The number of hydrogen-bond acceptors (Lipinski definition) is 4. The number of carboxylic acids is 1. The van der Waals surface area contributed by atoms with Crippen LogP contribution in [0.15, 0.2) is 18.7 Å². The minimum absolute atomic E-state index is 0.335. The molecule has 0 aromatic carbocycles. The first-order valence-electron chi connectivity index (χ1n) is 4.98. The fraction of sp³-hybridized carbons (Fsp3) is 0.500. The van der Waals surface area contributed by atoms with E-state index in [0.29, 0.717) is 18.9 Å². The molecule has 0 radical (unpaired) electrons. The number of carboxylic acid groups (broad SMARTS) is 1. The van der Waals surface area contributed by atoms with Gasteiger partial charge < -0.3 is 10.4 Å². The van der Waals surface area contributed by atoms with Crippen LogP contribution in [0, 0.1) is 0 Å². The standard InChI is InChI=1S/C10H13N3O2/c14-10(15)9-2-1-7(5-13-9)8-3-11-6-12-4-8/h3-4,6-7,9,13H,1-2,5H2,(H,14,15). The molecule has 0 bridgehead atoms. The normalized spacial score (nSPS) is 26.1. The summed E-state index contributed by atoms with van der Waals surface area (Å²) in [4.78, 5) is 18.6. The summed E-state index contributed by atoms with van der Waals surface area (Å²) in [5.41, 5.74) is 1.08. The third-order valence-corrected chi connectivity index (χ3v) is 2.76. The molecule has 0 amide bonds. The predicted octanol–water partition coefficient (Wildman–Crippen LogP) is 0.397. The molecule has 1 aliphatic rings. The minimum atomic E-state index is -0.766. The maximum Gasteiger partial charge on any atom is 0.320 e. The van der Waals surface area contributed by atoms with Gasteiger partial charge in [0.2, 0.25) is 0 Å². The summed E-state index contributed by atoms with van der Waals surface area (Å²) in [6, 6.07) is -0.397. The second-order valence-corrected chi connectivity index (χ2v) is 3.75. The highest BCUT2D eigenvalue weighted by atomic mass is 16.4. The van der Waals surface area contributed by atoms with E-state index in [2.05, 4.69) is 15.3 Å². The number of rotatable bonds is 2. The number of hydrogen-bond donors (Lipinski definition) is 2. The molecule has 2 N–H and O–H groups in total. The van der Waals surface area contributed by atoms with Crippen LogP contribution >= 0.6 is 0 Å². The highest BCUT2D eigenvalue weighted by molar-refractivity contribution is 5.73. The molecular weight excluding hydrogens is 194 g/mol. The Morgan fingerprint density at radius 3 is 2.67 bits per heavy atom. The van der Waals surface area contributed by atoms with Crippen molar-refractivity contribution in [2.75, 3.05) is 6.54 Å². The van der Waals surface area contributed by atoms with E-state index in [4.69, 9.17) is 5.11 Å². The quantitative estimate of drug-likeness (QED) is 0.734. The highest BCUT2D eigenvalue weighted by Gasteiger charge is 2.26. The number of aromatic nitrogens is 2. The first-order valence-corrected chi connectivity index (χ1v) is 4.98. The van der Waals surface area contributed by atoms with Gasteiger partial charge in [0.05, 0.1) is 0 Å². The number of piperidine rings is 1. The molecule has 1 aliphatic heterocycles. The van der Waals surface area contributed by atoms with E-state index in [1.807, 2.05) is 0 Å². The molecule has 80 valence electrons. The van der Waals surface area contributed by atoms with E-state index in [1.165, 1.54) is 6.33 Å². The second-order valence-electron chi connectivity index (χ2n) is 3.75. The molecule has 2 rings (SSSR count). The fourth-order valence-corrected chi connectivity index (χ4v) is 1.87. The topological polar surface area (TPSA) is 75.1 Å². The van der Waals surface area contributed by atoms with Gasteiger partial charge in [0, 0.05) is 18.9 Å². The molecule has 2 heterocycles. The lowest BCUT2D eigenvalue weighted by atomic mass is 9.90. The van der Waals surface area contributed by atoms with E-state index in [9.17, 15) is 4.79 Å². The number of nitrogens with zero attached hydrogens (tertiary/aromatic N) is 2. The summed E-state index contributed by atoms with van der Waals surface area (Å²) in [5.74, 6) is -0.431. The Kier molecular flexibility index (Phi) is 2.91. The summed E-state index contributed by atoms with van der Waals surface area (Å²) in [6.07, 6.45) is 6.62. The van der Waals surface area contributed by atoms with Crippen LogP contribution in [0.2, 0.25) is 0 Å². The first-order chi connectivity index (χ1) is 7.27. The van der Waals surface area contributed by atoms with Gasteiger partial charge in [-0.2, -0.15) is 0 Å². The Balaban J connectivity index is 1.97. The zero-order chi connectivity index (χ0) is 10.7. The van der Waals surface area contributed by atoms with Crippen LogP contribution < -0.4 is 5.32 Å². The number of aliphatic carboxylic acids is 1. The van der Waals surface area contributed by atoms with Crippen LogP contribution in [0.5, 0.6) is 0 Å². The SMILES string of the molecule is O=C(O)C1CCC(c2cncnc2)CN1. The first kappa shape index (κ1) is 10.0. The lowest BCUT2D eigenvalue weighted by molar-refractivity contribution is -0.140. The van der Waals surface area contributed by atoms with Crippen LogP contribution in [0.1, 0.15) is 24.3 Å². The van der Waals surface area contributed by atoms with Crippen molar-refractivity contribution in [2.45, 2.75) is 24.8 Å². The molecule has 2 atom stereocenters. The van der Waals surface area contributed by atoms with Crippen molar-refractivity contribution in [3.05, 3.63) is 24.3 Å². The lowest BCUT2D eigenvalue weighted by Gasteiger charge is -2.27. The van der Waals surface area contributed by atoms with E-state index in [1.54, 1.807) is 12.4 Å². The van der Waals surface area contributed by atoms with Crippen molar-refractivity contribution in [1.82, 2.24) is 15.3 Å². The summed E-state index contributed by atoms with van der Waals surface area (Å²) >= 11 is 0. The van der Waals surface area contributed by atoms with Gasteiger partial charge in [-0.3, -0.25) is 4.79 Å². The molecule has 5 heteroatoms. The molecule has 1 aromatic rings. The molecule has 0 spiro atoms. The average Bonchev–Trinajstić information content (AvgIpc) is 2.30. The Morgan fingerprint density at radius 1 is 1.40 bits per heavy atom. The van der Waals surface area contributed by atoms with Crippen LogP contribution in [0.4, 0.5) is 0 Å². The van der Waals surface area contributed by atoms with Gasteiger partial charge in [-0.05, 0) is 24.3 Å². The number of nitrogens with one attached hydrogen (secondary N) is 1. The Morgan fingerprint density at radius 2 is 2.13 bits per heavy atom. The van der Waals surface area contributed by atoms with Crippen LogP contribution in [-0.4, -0.2) is 33.6 Å². The predicted molar refractivity (Wildman–Crippen MR) is 53.4 cm³/mol. The molecule has 2 unspecified atom stereocenters. The van der Waals surface area contributed by atoms with Crippen molar-refractivity contribution < 1.29 is 9.90 Å². The highest BCUT2D eigenvalue weighted by Crippen LogP contribution is 2.23. The van der Waals surface area contributed by atoms with Crippen LogP contribution in [0.3, 0.4) is 0 Å². The number of carbonyl (C=O) groups is 1. The van der Waals surface area contributed by atoms with Crippen molar-refractivity contribution >= 4 is 5.97 Å². The largest absolute Gasteiger partial charge is 0.480 e. The van der Waals surface area contributed by atoms with Gasteiger partial charge in [-0.25, -0.2) is 9.97 Å². The molecule has 5 nitrogen and oxygen atoms in total. The van der Waals surface area contributed by atoms with Gasteiger partial charge >= 0.3 is 5.97 Å². The van der Waals surface area contributed by atoms with E-state index >= 15 is 0 Å². The molecule has 1 fully saturated rings. The van der Waals surface area contributed by atoms with Gasteiger partial charge in [0.1, 0.15) is 12.4 Å². The van der Waals surface area contributed by atoms with Crippen molar-refractivity contribution in [3.8, 4) is 0 Å². The van der Waals surface area contributed by atoms with E-state index in [-0.39, 0.29) is 0 Å². The monoisotopic (exact) mass is 207 g/mol. The van der Waals surface area contributed by atoms with Gasteiger partial charge in [0.15, 0.2) is 0 Å². The average molecular weight is 207 g/mol. The zero-order valence-corrected chi connectivity index (χ0v) is 8.26. The molecular formula is C10H13N3O2. The summed E-state index contributed by atoms with van der Waals surface area (Å²) in [7, 11) is 0. The molecule has 0 aliphatic carbocycles. The van der Waals surface area contributed by atoms with E-state index in [0.717, 1.165) is 12.0 Å². The minimum Gasteiger partial charge on any atom is -0.480 e. The molecule has 0 saturated carbocycles. The Labute approximate surface area is 87.6 Å². The molecule has 1 aromatic heterocycles. The summed E-state index contributed by atoms with van der Waals surface area (Å²) < 4.78 is 0.